The fourth-order valence-electron chi connectivity index (χ4n) is 2.52. The Hall–Kier alpha value is -1.63. The maximum Gasteiger partial charge on any atom is 0.325 e. The number of amides is 1. The Morgan fingerprint density at radius 2 is 1.90 bits per heavy atom. The summed E-state index contributed by atoms with van der Waals surface area (Å²) in [4.78, 5) is 36.3. The standard InChI is InChI=1S/C14H23NO6/c1-3-21-12(16)9-15(6-7-20-2)13(17)10-4-5-11(8-10)14(18)19/h10-11H,3-9H2,1-2H3,(H,18,19). The minimum absolute atomic E-state index is 0.121. The summed E-state index contributed by atoms with van der Waals surface area (Å²) in [6.07, 6.45) is 1.38. The van der Waals surface area contributed by atoms with Crippen LogP contribution in [-0.4, -0.2) is 61.3 Å². The van der Waals surface area contributed by atoms with Crippen LogP contribution in [0.4, 0.5) is 0 Å². The third-order valence-electron chi connectivity index (χ3n) is 3.63. The molecule has 1 rings (SSSR count). The predicted molar refractivity (Wildman–Crippen MR) is 73.6 cm³/mol. The van der Waals surface area contributed by atoms with Crippen LogP contribution in [0.15, 0.2) is 0 Å². The van der Waals surface area contributed by atoms with Crippen LogP contribution in [0.25, 0.3) is 0 Å². The molecule has 2 atom stereocenters. The molecular weight excluding hydrogens is 278 g/mol. The second-order valence-corrected chi connectivity index (χ2v) is 5.10. The molecule has 1 amide bonds. The Balaban J connectivity index is 2.62. The summed E-state index contributed by atoms with van der Waals surface area (Å²) in [5, 5.41) is 8.99. The first kappa shape index (κ1) is 17.4. The zero-order chi connectivity index (χ0) is 15.8. The number of hydrogen-bond acceptors (Lipinski definition) is 5. The summed E-state index contributed by atoms with van der Waals surface area (Å²) >= 11 is 0. The number of methoxy groups -OCH3 is 1. The van der Waals surface area contributed by atoms with Crippen LogP contribution in [0.2, 0.25) is 0 Å². The van der Waals surface area contributed by atoms with E-state index in [0.717, 1.165) is 0 Å². The van der Waals surface area contributed by atoms with Crippen molar-refractivity contribution in [1.29, 1.82) is 0 Å². The highest BCUT2D eigenvalue weighted by atomic mass is 16.5. The molecular formula is C14H23NO6. The number of carbonyl (C=O) groups is 3. The number of carbonyl (C=O) groups excluding carboxylic acids is 2. The zero-order valence-electron chi connectivity index (χ0n) is 12.5. The Morgan fingerprint density at radius 3 is 2.43 bits per heavy atom. The first-order valence-electron chi connectivity index (χ1n) is 7.15. The normalized spacial score (nSPS) is 21.0. The third kappa shape index (κ3) is 5.34. The van der Waals surface area contributed by atoms with E-state index in [2.05, 4.69) is 0 Å². The number of nitrogens with zero attached hydrogens (tertiary/aromatic N) is 1. The summed E-state index contributed by atoms with van der Waals surface area (Å²) in [6, 6.07) is 0. The van der Waals surface area contributed by atoms with Gasteiger partial charge in [0.25, 0.3) is 0 Å². The van der Waals surface area contributed by atoms with Crippen LogP contribution in [0.5, 0.6) is 0 Å². The van der Waals surface area contributed by atoms with Gasteiger partial charge in [0.05, 0.1) is 19.1 Å². The molecule has 1 aliphatic carbocycles. The topological polar surface area (TPSA) is 93.1 Å². The van der Waals surface area contributed by atoms with E-state index in [-0.39, 0.29) is 25.0 Å². The number of carboxylic acid groups (broad SMARTS) is 1. The van der Waals surface area contributed by atoms with E-state index >= 15 is 0 Å². The summed E-state index contributed by atoms with van der Waals surface area (Å²) < 4.78 is 9.80. The van der Waals surface area contributed by atoms with E-state index < -0.39 is 17.9 Å². The van der Waals surface area contributed by atoms with Crippen molar-refractivity contribution in [2.45, 2.75) is 26.2 Å². The quantitative estimate of drug-likeness (QED) is 0.657. The van der Waals surface area contributed by atoms with E-state index in [1.807, 2.05) is 0 Å². The Labute approximate surface area is 124 Å². The van der Waals surface area contributed by atoms with Gasteiger partial charge in [0.1, 0.15) is 6.54 Å². The largest absolute Gasteiger partial charge is 0.481 e. The van der Waals surface area contributed by atoms with Gasteiger partial charge in [0.2, 0.25) is 5.91 Å². The Bertz CT molecular complexity index is 384. The molecule has 0 aromatic rings. The lowest BCUT2D eigenvalue weighted by Gasteiger charge is -2.24. The first-order valence-corrected chi connectivity index (χ1v) is 7.15. The molecule has 1 N–H and O–H groups in total. The van der Waals surface area contributed by atoms with E-state index in [1.165, 1.54) is 12.0 Å². The van der Waals surface area contributed by atoms with Gasteiger partial charge in [-0.05, 0) is 26.2 Å². The van der Waals surface area contributed by atoms with E-state index in [9.17, 15) is 14.4 Å². The van der Waals surface area contributed by atoms with Gasteiger partial charge in [-0.3, -0.25) is 14.4 Å². The molecule has 2 unspecified atom stereocenters. The van der Waals surface area contributed by atoms with Gasteiger partial charge in [-0.15, -0.1) is 0 Å². The summed E-state index contributed by atoms with van der Waals surface area (Å²) in [7, 11) is 1.52. The van der Waals surface area contributed by atoms with Crippen LogP contribution < -0.4 is 0 Å². The highest BCUT2D eigenvalue weighted by Gasteiger charge is 2.36. The molecule has 0 spiro atoms. The highest BCUT2D eigenvalue weighted by molar-refractivity contribution is 5.84. The van der Waals surface area contributed by atoms with Crippen LogP contribution in [0.1, 0.15) is 26.2 Å². The molecule has 0 aromatic carbocycles. The average Bonchev–Trinajstić information content (AvgIpc) is 2.93. The zero-order valence-corrected chi connectivity index (χ0v) is 12.5. The molecule has 21 heavy (non-hydrogen) atoms. The number of aliphatic carboxylic acids is 1. The Kier molecular flexibility index (Phi) is 7.14. The lowest BCUT2D eigenvalue weighted by molar-refractivity contribution is -0.151. The second-order valence-electron chi connectivity index (χ2n) is 5.10. The third-order valence-corrected chi connectivity index (χ3v) is 3.63. The van der Waals surface area contributed by atoms with Crippen LogP contribution >= 0.6 is 0 Å². The van der Waals surface area contributed by atoms with Crippen molar-refractivity contribution in [3.63, 3.8) is 0 Å². The molecule has 0 saturated heterocycles. The van der Waals surface area contributed by atoms with Crippen molar-refractivity contribution in [1.82, 2.24) is 4.90 Å². The van der Waals surface area contributed by atoms with Crippen molar-refractivity contribution < 1.29 is 29.0 Å². The van der Waals surface area contributed by atoms with Gasteiger partial charge >= 0.3 is 11.9 Å². The van der Waals surface area contributed by atoms with Crippen LogP contribution in [0, 0.1) is 11.8 Å². The van der Waals surface area contributed by atoms with Crippen molar-refractivity contribution in [2.24, 2.45) is 11.8 Å². The fraction of sp³-hybridized carbons (Fsp3) is 0.786. The predicted octanol–water partition coefficient (Wildman–Crippen LogP) is 0.525. The average molecular weight is 301 g/mol. The summed E-state index contributed by atoms with van der Waals surface area (Å²) in [5.41, 5.74) is 0. The molecule has 0 aromatic heterocycles. The van der Waals surface area contributed by atoms with E-state index in [4.69, 9.17) is 14.6 Å². The first-order chi connectivity index (χ1) is 9.99. The SMILES string of the molecule is CCOC(=O)CN(CCOC)C(=O)C1CCC(C(=O)O)C1. The van der Waals surface area contributed by atoms with Gasteiger partial charge < -0.3 is 19.5 Å². The number of carboxylic acids is 1. The molecule has 1 saturated carbocycles. The minimum atomic E-state index is -0.862. The summed E-state index contributed by atoms with van der Waals surface area (Å²) in [5.74, 6) is -2.32. The highest BCUT2D eigenvalue weighted by Crippen LogP contribution is 2.32. The van der Waals surface area contributed by atoms with Gasteiger partial charge in [-0.25, -0.2) is 0 Å². The smallest absolute Gasteiger partial charge is 0.325 e. The molecule has 1 fully saturated rings. The molecule has 0 heterocycles. The van der Waals surface area contributed by atoms with Crippen molar-refractivity contribution in [3.05, 3.63) is 0 Å². The monoisotopic (exact) mass is 301 g/mol. The van der Waals surface area contributed by atoms with E-state index in [0.29, 0.717) is 32.4 Å². The molecule has 120 valence electrons. The van der Waals surface area contributed by atoms with Gasteiger partial charge in [-0.2, -0.15) is 0 Å². The van der Waals surface area contributed by atoms with Crippen molar-refractivity contribution in [2.75, 3.05) is 33.4 Å². The Morgan fingerprint density at radius 1 is 1.24 bits per heavy atom. The van der Waals surface area contributed by atoms with E-state index in [1.54, 1.807) is 6.92 Å². The van der Waals surface area contributed by atoms with Gasteiger partial charge in [0.15, 0.2) is 0 Å². The van der Waals surface area contributed by atoms with Crippen LogP contribution in [0.3, 0.4) is 0 Å². The maximum atomic E-state index is 12.4. The molecule has 0 bridgehead atoms. The number of rotatable bonds is 8. The molecule has 0 aliphatic heterocycles. The maximum absolute atomic E-state index is 12.4. The number of hydrogen-bond donors (Lipinski definition) is 1. The lowest BCUT2D eigenvalue weighted by Crippen LogP contribution is -2.41. The molecule has 1 aliphatic rings. The molecule has 7 nitrogen and oxygen atoms in total. The number of ether oxygens (including phenoxy) is 2. The second kappa shape index (κ2) is 8.61. The molecule has 7 heteroatoms. The van der Waals surface area contributed by atoms with Crippen LogP contribution in [-0.2, 0) is 23.9 Å². The fourth-order valence-corrected chi connectivity index (χ4v) is 2.52. The number of esters is 1. The summed E-state index contributed by atoms with van der Waals surface area (Å²) in [6.45, 7) is 2.45. The van der Waals surface area contributed by atoms with Crippen molar-refractivity contribution >= 4 is 17.8 Å². The minimum Gasteiger partial charge on any atom is -0.481 e. The lowest BCUT2D eigenvalue weighted by atomic mass is 10.0. The van der Waals surface area contributed by atoms with Crippen molar-refractivity contribution in [3.8, 4) is 0 Å². The van der Waals surface area contributed by atoms with Gasteiger partial charge in [0, 0.05) is 19.6 Å². The molecule has 0 radical (unpaired) electrons. The van der Waals surface area contributed by atoms with Gasteiger partial charge in [-0.1, -0.05) is 0 Å².